The number of carbonyl (C=O) groups excluding carboxylic acids is 1. The molecule has 5 heteroatoms. The van der Waals surface area contributed by atoms with Gasteiger partial charge in [0.05, 0.1) is 0 Å². The van der Waals surface area contributed by atoms with E-state index in [9.17, 15) is 9.59 Å². The number of carbonyl (C=O) groups is 2. The minimum Gasteiger partial charge on any atom is -0.480 e. The van der Waals surface area contributed by atoms with E-state index in [-0.39, 0.29) is 0 Å². The number of carboxylic acids is 1. The lowest BCUT2D eigenvalue weighted by Crippen LogP contribution is -2.37. The average Bonchev–Trinajstić information content (AvgIpc) is 2.29. The number of hydrogen-bond acceptors (Lipinski definition) is 3. The van der Waals surface area contributed by atoms with Gasteiger partial charge in [-0.15, -0.1) is 0 Å². The predicted molar refractivity (Wildman–Crippen MR) is 60.1 cm³/mol. The summed E-state index contributed by atoms with van der Waals surface area (Å²) in [6.45, 7) is 3.18. The molecule has 16 heavy (non-hydrogen) atoms. The molecule has 1 aliphatic heterocycles. The van der Waals surface area contributed by atoms with Crippen LogP contribution in [-0.2, 0) is 9.59 Å². The molecule has 1 atom stereocenters. The van der Waals surface area contributed by atoms with Crippen LogP contribution in [0.15, 0.2) is 0 Å². The number of nitrogens with zero attached hydrogens (tertiary/aromatic N) is 1. The number of rotatable bonds is 7. The van der Waals surface area contributed by atoms with Crippen molar-refractivity contribution in [3.63, 3.8) is 0 Å². The number of piperidine rings is 1. The molecule has 1 amide bonds. The molecule has 92 valence electrons. The Balaban J connectivity index is 2.16. The normalized spacial score (nSPS) is 19.0. The fourth-order valence-electron chi connectivity index (χ4n) is 2.06. The van der Waals surface area contributed by atoms with Gasteiger partial charge < -0.3 is 15.3 Å². The minimum atomic E-state index is -0.953. The fraction of sp³-hybridized carbons (Fsp3) is 0.818. The molecule has 0 aromatic rings. The summed E-state index contributed by atoms with van der Waals surface area (Å²) in [5, 5.41) is 11.1. The van der Waals surface area contributed by atoms with E-state index in [1.807, 2.05) is 0 Å². The van der Waals surface area contributed by atoms with Crippen molar-refractivity contribution in [1.82, 2.24) is 10.2 Å². The second-order valence-corrected chi connectivity index (χ2v) is 4.22. The van der Waals surface area contributed by atoms with Gasteiger partial charge >= 0.3 is 5.97 Å². The molecule has 0 aromatic heterocycles. The molecule has 5 nitrogen and oxygen atoms in total. The molecule has 1 unspecified atom stereocenters. The highest BCUT2D eigenvalue weighted by atomic mass is 16.4. The van der Waals surface area contributed by atoms with Gasteiger partial charge in [-0.25, -0.2) is 4.79 Å². The van der Waals surface area contributed by atoms with E-state index in [4.69, 9.17) is 5.11 Å². The zero-order chi connectivity index (χ0) is 11.8. The molecule has 0 bridgehead atoms. The van der Waals surface area contributed by atoms with Crippen LogP contribution >= 0.6 is 0 Å². The lowest BCUT2D eigenvalue weighted by atomic mass is 10.1. The quantitative estimate of drug-likeness (QED) is 0.621. The van der Waals surface area contributed by atoms with Crippen LogP contribution in [0.1, 0.15) is 32.1 Å². The van der Waals surface area contributed by atoms with Crippen molar-refractivity contribution >= 4 is 12.4 Å². The van der Waals surface area contributed by atoms with Gasteiger partial charge in [-0.05, 0) is 45.3 Å². The molecule has 0 spiro atoms. The number of carboxylic acid groups (broad SMARTS) is 1. The van der Waals surface area contributed by atoms with Gasteiger partial charge in [0.2, 0.25) is 6.41 Å². The maximum Gasteiger partial charge on any atom is 0.326 e. The largest absolute Gasteiger partial charge is 0.480 e. The first kappa shape index (κ1) is 13.0. The summed E-state index contributed by atoms with van der Waals surface area (Å²) in [6.07, 6.45) is 5.58. The van der Waals surface area contributed by atoms with Gasteiger partial charge in [-0.2, -0.15) is 0 Å². The van der Waals surface area contributed by atoms with Crippen LogP contribution in [0, 0.1) is 0 Å². The highest BCUT2D eigenvalue weighted by Gasteiger charge is 2.16. The zero-order valence-electron chi connectivity index (χ0n) is 9.52. The first-order valence-corrected chi connectivity index (χ1v) is 5.89. The second kappa shape index (κ2) is 7.22. The average molecular weight is 228 g/mol. The lowest BCUT2D eigenvalue weighted by Gasteiger charge is -2.26. The number of aliphatic carboxylic acids is 1. The van der Waals surface area contributed by atoms with Crippen LogP contribution in [-0.4, -0.2) is 48.1 Å². The molecule has 2 N–H and O–H groups in total. The summed E-state index contributed by atoms with van der Waals surface area (Å²) < 4.78 is 0. The van der Waals surface area contributed by atoms with Crippen molar-refractivity contribution in [2.24, 2.45) is 0 Å². The molecular formula is C11H20N2O3. The Hall–Kier alpha value is -1.10. The van der Waals surface area contributed by atoms with E-state index in [0.29, 0.717) is 12.8 Å². The highest BCUT2D eigenvalue weighted by molar-refractivity contribution is 5.76. The SMILES string of the molecule is O=CNC(CCCN1CCCCC1)C(=O)O. The van der Waals surface area contributed by atoms with Crippen molar-refractivity contribution in [2.45, 2.75) is 38.1 Å². The van der Waals surface area contributed by atoms with Gasteiger partial charge in [0.25, 0.3) is 0 Å². The smallest absolute Gasteiger partial charge is 0.326 e. The Morgan fingerprint density at radius 3 is 2.62 bits per heavy atom. The molecule has 1 fully saturated rings. The molecule has 1 saturated heterocycles. The van der Waals surface area contributed by atoms with Crippen LogP contribution in [0.25, 0.3) is 0 Å². The fourth-order valence-corrected chi connectivity index (χ4v) is 2.06. The maximum atomic E-state index is 10.7. The molecule has 1 aliphatic rings. The van der Waals surface area contributed by atoms with E-state index in [0.717, 1.165) is 26.1 Å². The van der Waals surface area contributed by atoms with Crippen molar-refractivity contribution in [1.29, 1.82) is 0 Å². The maximum absolute atomic E-state index is 10.7. The third kappa shape index (κ3) is 4.61. The third-order valence-electron chi connectivity index (χ3n) is 2.98. The minimum absolute atomic E-state index is 0.458. The number of likely N-dealkylation sites (tertiary alicyclic amines) is 1. The van der Waals surface area contributed by atoms with Gasteiger partial charge in [-0.1, -0.05) is 6.42 Å². The van der Waals surface area contributed by atoms with Crippen LogP contribution in [0.3, 0.4) is 0 Å². The van der Waals surface area contributed by atoms with Crippen LogP contribution in [0.4, 0.5) is 0 Å². The topological polar surface area (TPSA) is 69.6 Å². The number of hydrogen-bond donors (Lipinski definition) is 2. The monoisotopic (exact) mass is 228 g/mol. The molecule has 0 saturated carbocycles. The Labute approximate surface area is 95.8 Å². The number of nitrogens with one attached hydrogen (secondary N) is 1. The molecule has 0 aliphatic carbocycles. The van der Waals surface area contributed by atoms with Crippen LogP contribution in [0.2, 0.25) is 0 Å². The second-order valence-electron chi connectivity index (χ2n) is 4.22. The Morgan fingerprint density at radius 1 is 1.38 bits per heavy atom. The van der Waals surface area contributed by atoms with Gasteiger partial charge in [0.1, 0.15) is 6.04 Å². The van der Waals surface area contributed by atoms with E-state index >= 15 is 0 Å². The summed E-state index contributed by atoms with van der Waals surface area (Å²) in [5.41, 5.74) is 0. The Kier molecular flexibility index (Phi) is 5.85. The van der Waals surface area contributed by atoms with Crippen LogP contribution < -0.4 is 5.32 Å². The van der Waals surface area contributed by atoms with Gasteiger partial charge in [0, 0.05) is 0 Å². The third-order valence-corrected chi connectivity index (χ3v) is 2.98. The van der Waals surface area contributed by atoms with Crippen molar-refractivity contribution in [2.75, 3.05) is 19.6 Å². The first-order valence-electron chi connectivity index (χ1n) is 5.89. The predicted octanol–water partition coefficient (Wildman–Crippen LogP) is 0.452. The summed E-state index contributed by atoms with van der Waals surface area (Å²) in [7, 11) is 0. The van der Waals surface area contributed by atoms with Crippen molar-refractivity contribution in [3.8, 4) is 0 Å². The zero-order valence-corrected chi connectivity index (χ0v) is 9.52. The molecule has 1 rings (SSSR count). The van der Waals surface area contributed by atoms with Crippen molar-refractivity contribution < 1.29 is 14.7 Å². The number of amides is 1. The lowest BCUT2D eigenvalue weighted by molar-refractivity contribution is -0.140. The van der Waals surface area contributed by atoms with Crippen LogP contribution in [0.5, 0.6) is 0 Å². The van der Waals surface area contributed by atoms with Crippen molar-refractivity contribution in [3.05, 3.63) is 0 Å². The summed E-state index contributed by atoms with van der Waals surface area (Å²) in [5.74, 6) is -0.953. The highest BCUT2D eigenvalue weighted by Crippen LogP contribution is 2.10. The summed E-state index contributed by atoms with van der Waals surface area (Å²) >= 11 is 0. The molecule has 0 aromatic carbocycles. The van der Waals surface area contributed by atoms with E-state index in [2.05, 4.69) is 10.2 Å². The van der Waals surface area contributed by atoms with E-state index < -0.39 is 12.0 Å². The van der Waals surface area contributed by atoms with E-state index in [1.54, 1.807) is 0 Å². The molecule has 1 heterocycles. The van der Waals surface area contributed by atoms with Gasteiger partial charge in [-0.3, -0.25) is 4.79 Å². The summed E-state index contributed by atoms with van der Waals surface area (Å²) in [4.78, 5) is 23.3. The molecule has 0 radical (unpaired) electrons. The Bertz CT molecular complexity index is 227. The summed E-state index contributed by atoms with van der Waals surface area (Å²) in [6, 6.07) is -0.734. The van der Waals surface area contributed by atoms with E-state index in [1.165, 1.54) is 19.3 Å². The Morgan fingerprint density at radius 2 is 2.06 bits per heavy atom. The standard InChI is InChI=1S/C11H20N2O3/c14-9-12-10(11(15)16)5-4-8-13-6-2-1-3-7-13/h9-10H,1-8H2,(H,12,14)(H,15,16). The first-order chi connectivity index (χ1) is 7.74. The van der Waals surface area contributed by atoms with Gasteiger partial charge in [0.15, 0.2) is 0 Å². The molecular weight excluding hydrogens is 208 g/mol.